The maximum Gasteiger partial charge on any atom is 0.271 e. The van der Waals surface area contributed by atoms with Crippen molar-refractivity contribution in [2.75, 3.05) is 13.1 Å². The molecule has 25 heavy (non-hydrogen) atoms. The third-order valence-corrected chi connectivity index (χ3v) is 3.66. The highest BCUT2D eigenvalue weighted by molar-refractivity contribution is 5.93. The predicted molar refractivity (Wildman–Crippen MR) is 93.3 cm³/mol. The number of aromatic nitrogens is 3. The topological polar surface area (TPSA) is 88.4 Å². The first kappa shape index (κ1) is 16.6. The van der Waals surface area contributed by atoms with Crippen molar-refractivity contribution >= 4 is 17.5 Å². The number of rotatable bonds is 6. The molecule has 3 aromatic rings. The van der Waals surface area contributed by atoms with Crippen molar-refractivity contribution in [2.45, 2.75) is 13.3 Å². The molecule has 0 atom stereocenters. The Labute approximate surface area is 145 Å². The second kappa shape index (κ2) is 7.57. The Balaban J connectivity index is 1.74. The smallest absolute Gasteiger partial charge is 0.271 e. The number of carbonyl (C=O) groups is 2. The predicted octanol–water partition coefficient (Wildman–Crippen LogP) is 1.19. The Kier molecular flexibility index (Phi) is 5.03. The van der Waals surface area contributed by atoms with Gasteiger partial charge in [-0.25, -0.2) is 9.50 Å². The molecule has 3 rings (SSSR count). The van der Waals surface area contributed by atoms with Gasteiger partial charge in [0.25, 0.3) is 5.91 Å². The Morgan fingerprint density at radius 1 is 1.04 bits per heavy atom. The molecule has 0 radical (unpaired) electrons. The minimum atomic E-state index is -0.276. The van der Waals surface area contributed by atoms with E-state index < -0.39 is 0 Å². The molecule has 0 aliphatic rings. The zero-order valence-corrected chi connectivity index (χ0v) is 13.9. The molecule has 0 saturated heterocycles. The van der Waals surface area contributed by atoms with Crippen LogP contribution in [-0.4, -0.2) is 39.5 Å². The van der Waals surface area contributed by atoms with Crippen molar-refractivity contribution in [2.24, 2.45) is 0 Å². The number of carbonyl (C=O) groups excluding carboxylic acids is 2. The molecule has 0 spiro atoms. The molecule has 0 bridgehead atoms. The van der Waals surface area contributed by atoms with Crippen LogP contribution in [0.2, 0.25) is 0 Å². The first-order valence-electron chi connectivity index (χ1n) is 8.04. The lowest BCUT2D eigenvalue weighted by atomic mass is 10.1. The van der Waals surface area contributed by atoms with Crippen LogP contribution < -0.4 is 10.6 Å². The van der Waals surface area contributed by atoms with Crippen molar-refractivity contribution in [1.82, 2.24) is 25.2 Å². The summed E-state index contributed by atoms with van der Waals surface area (Å²) in [5, 5.41) is 9.91. The zero-order valence-electron chi connectivity index (χ0n) is 13.9. The first-order valence-corrected chi connectivity index (χ1v) is 8.04. The minimum Gasteiger partial charge on any atom is -0.355 e. The highest BCUT2D eigenvalue weighted by Crippen LogP contribution is 2.10. The number of hydrogen-bond acceptors (Lipinski definition) is 4. The van der Waals surface area contributed by atoms with Crippen LogP contribution in [0.5, 0.6) is 0 Å². The van der Waals surface area contributed by atoms with Gasteiger partial charge in [-0.3, -0.25) is 9.59 Å². The average molecular weight is 337 g/mol. The van der Waals surface area contributed by atoms with E-state index >= 15 is 0 Å². The molecule has 0 unspecified atom stereocenters. The van der Waals surface area contributed by atoms with Gasteiger partial charge < -0.3 is 10.6 Å². The summed E-state index contributed by atoms with van der Waals surface area (Å²) in [6.45, 7) is 2.16. The zero-order chi connectivity index (χ0) is 17.6. The van der Waals surface area contributed by atoms with E-state index in [0.29, 0.717) is 30.9 Å². The van der Waals surface area contributed by atoms with Gasteiger partial charge in [-0.2, -0.15) is 5.10 Å². The van der Waals surface area contributed by atoms with E-state index in [9.17, 15) is 9.59 Å². The standard InChI is InChI=1S/C18H19N5O2/c1-13(24)19-9-10-20-18(25)16-12-21-17-8-7-15(22-23(16)17)11-14-5-3-2-4-6-14/h2-8,12H,9-11H2,1H3,(H,19,24)(H,20,25). The van der Waals surface area contributed by atoms with Crippen molar-refractivity contribution in [1.29, 1.82) is 0 Å². The molecule has 128 valence electrons. The summed E-state index contributed by atoms with van der Waals surface area (Å²) in [5.74, 6) is -0.404. The number of nitrogens with one attached hydrogen (secondary N) is 2. The third kappa shape index (κ3) is 4.20. The van der Waals surface area contributed by atoms with Crippen LogP contribution in [0.25, 0.3) is 5.65 Å². The number of hydrogen-bond donors (Lipinski definition) is 2. The van der Waals surface area contributed by atoms with E-state index in [1.165, 1.54) is 13.1 Å². The fraction of sp³-hybridized carbons (Fsp3) is 0.222. The normalized spacial score (nSPS) is 10.6. The van der Waals surface area contributed by atoms with Crippen LogP contribution in [0.3, 0.4) is 0 Å². The molecule has 0 fully saturated rings. The van der Waals surface area contributed by atoms with Crippen LogP contribution in [0, 0.1) is 0 Å². The monoisotopic (exact) mass is 337 g/mol. The highest BCUT2D eigenvalue weighted by atomic mass is 16.2. The van der Waals surface area contributed by atoms with E-state index in [2.05, 4.69) is 20.7 Å². The van der Waals surface area contributed by atoms with Crippen molar-refractivity contribution in [3.63, 3.8) is 0 Å². The fourth-order valence-electron chi connectivity index (χ4n) is 2.47. The molecule has 2 heterocycles. The second-order valence-corrected chi connectivity index (χ2v) is 5.64. The van der Waals surface area contributed by atoms with E-state index in [4.69, 9.17) is 0 Å². The summed E-state index contributed by atoms with van der Waals surface area (Å²) in [6.07, 6.45) is 2.18. The Bertz CT molecular complexity index is 889. The lowest BCUT2D eigenvalue weighted by Crippen LogP contribution is -2.34. The van der Waals surface area contributed by atoms with Gasteiger partial charge in [0.05, 0.1) is 11.9 Å². The number of nitrogens with zero attached hydrogens (tertiary/aromatic N) is 3. The fourth-order valence-corrected chi connectivity index (χ4v) is 2.47. The average Bonchev–Trinajstić information content (AvgIpc) is 3.02. The van der Waals surface area contributed by atoms with Gasteiger partial charge in [-0.05, 0) is 17.7 Å². The Morgan fingerprint density at radius 3 is 2.56 bits per heavy atom. The summed E-state index contributed by atoms with van der Waals surface area (Å²) in [4.78, 5) is 27.4. The molecule has 2 N–H and O–H groups in total. The summed E-state index contributed by atoms with van der Waals surface area (Å²) < 4.78 is 1.55. The van der Waals surface area contributed by atoms with Gasteiger partial charge in [-0.1, -0.05) is 30.3 Å². The van der Waals surface area contributed by atoms with Crippen molar-refractivity contribution in [3.05, 3.63) is 65.6 Å². The van der Waals surface area contributed by atoms with Gasteiger partial charge in [-0.15, -0.1) is 0 Å². The van der Waals surface area contributed by atoms with Crippen molar-refractivity contribution < 1.29 is 9.59 Å². The quantitative estimate of drug-likeness (QED) is 0.661. The number of benzene rings is 1. The van der Waals surface area contributed by atoms with Gasteiger partial charge in [0.1, 0.15) is 5.69 Å². The van der Waals surface area contributed by atoms with Gasteiger partial charge in [0, 0.05) is 26.4 Å². The first-order chi connectivity index (χ1) is 12.1. The van der Waals surface area contributed by atoms with Gasteiger partial charge in [0.2, 0.25) is 5.91 Å². The van der Waals surface area contributed by atoms with E-state index in [0.717, 1.165) is 11.3 Å². The molecular formula is C18H19N5O2. The van der Waals surface area contributed by atoms with Crippen LogP contribution in [0.4, 0.5) is 0 Å². The summed E-state index contributed by atoms with van der Waals surface area (Å²) >= 11 is 0. The molecule has 0 aliphatic heterocycles. The summed E-state index contributed by atoms with van der Waals surface area (Å²) in [6, 6.07) is 13.8. The number of imidazole rings is 1. The van der Waals surface area contributed by atoms with E-state index in [-0.39, 0.29) is 11.8 Å². The molecule has 0 saturated carbocycles. The Hall–Kier alpha value is -3.22. The molecule has 1 aromatic carbocycles. The maximum atomic E-state index is 12.3. The third-order valence-electron chi connectivity index (χ3n) is 3.66. The van der Waals surface area contributed by atoms with E-state index in [1.807, 2.05) is 42.5 Å². The van der Waals surface area contributed by atoms with Crippen LogP contribution in [0.15, 0.2) is 48.7 Å². The molecule has 7 heteroatoms. The molecule has 2 aromatic heterocycles. The van der Waals surface area contributed by atoms with E-state index in [1.54, 1.807) is 4.52 Å². The Morgan fingerprint density at radius 2 is 1.80 bits per heavy atom. The summed E-state index contributed by atoms with van der Waals surface area (Å²) in [5.41, 5.74) is 2.98. The van der Waals surface area contributed by atoms with Crippen LogP contribution >= 0.6 is 0 Å². The number of amides is 2. The molecular weight excluding hydrogens is 318 g/mol. The SMILES string of the molecule is CC(=O)NCCNC(=O)c1cnc2ccc(Cc3ccccc3)nn12. The molecule has 7 nitrogen and oxygen atoms in total. The molecule has 2 amide bonds. The lowest BCUT2D eigenvalue weighted by Gasteiger charge is -2.06. The molecule has 0 aliphatic carbocycles. The maximum absolute atomic E-state index is 12.3. The van der Waals surface area contributed by atoms with Gasteiger partial charge >= 0.3 is 0 Å². The number of fused-ring (bicyclic) bond motifs is 1. The van der Waals surface area contributed by atoms with Crippen LogP contribution in [-0.2, 0) is 11.2 Å². The lowest BCUT2D eigenvalue weighted by molar-refractivity contribution is -0.118. The minimum absolute atomic E-state index is 0.128. The van der Waals surface area contributed by atoms with Gasteiger partial charge in [0.15, 0.2) is 5.65 Å². The second-order valence-electron chi connectivity index (χ2n) is 5.64. The highest BCUT2D eigenvalue weighted by Gasteiger charge is 2.13. The van der Waals surface area contributed by atoms with Crippen LogP contribution in [0.1, 0.15) is 28.7 Å². The largest absolute Gasteiger partial charge is 0.355 e. The summed E-state index contributed by atoms with van der Waals surface area (Å²) in [7, 11) is 0. The van der Waals surface area contributed by atoms with Crippen molar-refractivity contribution in [3.8, 4) is 0 Å².